The Balaban J connectivity index is 1.90. The van der Waals surface area contributed by atoms with Crippen molar-refractivity contribution in [2.75, 3.05) is 20.8 Å². The van der Waals surface area contributed by atoms with Crippen LogP contribution in [0.4, 0.5) is 0 Å². The second-order valence-electron chi connectivity index (χ2n) is 6.53. The number of nitrogens with zero attached hydrogens (tertiary/aromatic N) is 1. The molecule has 3 aromatic carbocycles. The van der Waals surface area contributed by atoms with Gasteiger partial charge in [-0.1, -0.05) is 24.3 Å². The van der Waals surface area contributed by atoms with E-state index in [1.54, 1.807) is 19.2 Å². The van der Waals surface area contributed by atoms with E-state index in [0.29, 0.717) is 12.2 Å². The van der Waals surface area contributed by atoms with Crippen LogP contribution in [-0.2, 0) is 21.2 Å². The van der Waals surface area contributed by atoms with E-state index in [-0.39, 0.29) is 11.4 Å². The van der Waals surface area contributed by atoms with Gasteiger partial charge in [0.25, 0.3) is 10.0 Å². The predicted octanol–water partition coefficient (Wildman–Crippen LogP) is 3.64. The Labute approximate surface area is 170 Å². The fraction of sp³-hybridized carbons (Fsp3) is 0.227. The molecule has 1 amide bonds. The van der Waals surface area contributed by atoms with Crippen molar-refractivity contribution < 1.29 is 22.7 Å². The first kappa shape index (κ1) is 20.7. The summed E-state index contributed by atoms with van der Waals surface area (Å²) >= 11 is 0. The van der Waals surface area contributed by atoms with E-state index in [9.17, 15) is 13.2 Å². The molecule has 152 valence electrons. The van der Waals surface area contributed by atoms with Gasteiger partial charge in [-0.15, -0.1) is 0 Å². The molecule has 0 N–H and O–H groups in total. The van der Waals surface area contributed by atoms with Crippen LogP contribution in [0.25, 0.3) is 10.8 Å². The van der Waals surface area contributed by atoms with E-state index in [1.165, 1.54) is 26.2 Å². The fourth-order valence-corrected chi connectivity index (χ4v) is 4.61. The molecule has 0 bridgehead atoms. The van der Waals surface area contributed by atoms with Crippen molar-refractivity contribution in [3.8, 4) is 11.5 Å². The Morgan fingerprint density at radius 1 is 0.931 bits per heavy atom. The minimum atomic E-state index is -3.96. The monoisotopic (exact) mass is 413 g/mol. The lowest BCUT2D eigenvalue weighted by molar-refractivity contribution is -0.124. The predicted molar refractivity (Wildman–Crippen MR) is 112 cm³/mol. The van der Waals surface area contributed by atoms with Gasteiger partial charge < -0.3 is 9.47 Å². The van der Waals surface area contributed by atoms with Crippen LogP contribution in [0.15, 0.2) is 65.6 Å². The van der Waals surface area contributed by atoms with Crippen LogP contribution < -0.4 is 9.47 Å². The molecule has 0 unspecified atom stereocenters. The van der Waals surface area contributed by atoms with Gasteiger partial charge in [0, 0.05) is 13.5 Å². The zero-order valence-corrected chi connectivity index (χ0v) is 17.4. The van der Waals surface area contributed by atoms with Gasteiger partial charge in [0.1, 0.15) is 11.5 Å². The average Bonchev–Trinajstić information content (AvgIpc) is 2.73. The minimum absolute atomic E-state index is 0.0417. The number of sulfonamides is 1. The van der Waals surface area contributed by atoms with Crippen LogP contribution >= 0.6 is 0 Å². The molecule has 0 saturated heterocycles. The van der Waals surface area contributed by atoms with Crippen LogP contribution in [0.2, 0.25) is 0 Å². The topological polar surface area (TPSA) is 72.9 Å². The SMILES string of the molecule is COc1ccc(S(=O)(=O)N(CCc2cccc3ccc(OC)cc23)C(C)=O)cc1. The molecule has 0 aliphatic rings. The lowest BCUT2D eigenvalue weighted by Crippen LogP contribution is -2.36. The number of methoxy groups -OCH3 is 2. The molecular weight excluding hydrogens is 390 g/mol. The lowest BCUT2D eigenvalue weighted by atomic mass is 10.0. The molecule has 0 spiro atoms. The van der Waals surface area contributed by atoms with Crippen LogP contribution in [0.1, 0.15) is 12.5 Å². The first-order chi connectivity index (χ1) is 13.9. The summed E-state index contributed by atoms with van der Waals surface area (Å²) in [5, 5.41) is 1.99. The lowest BCUT2D eigenvalue weighted by Gasteiger charge is -2.21. The van der Waals surface area contributed by atoms with Crippen LogP contribution in [0.3, 0.4) is 0 Å². The number of fused-ring (bicyclic) bond motifs is 1. The van der Waals surface area contributed by atoms with Gasteiger partial charge >= 0.3 is 0 Å². The largest absolute Gasteiger partial charge is 0.497 e. The average molecular weight is 413 g/mol. The van der Waals surface area contributed by atoms with Crippen LogP contribution in [0.5, 0.6) is 11.5 Å². The number of ether oxygens (including phenoxy) is 2. The van der Waals surface area contributed by atoms with Gasteiger partial charge in [-0.25, -0.2) is 12.7 Å². The first-order valence-electron chi connectivity index (χ1n) is 9.10. The summed E-state index contributed by atoms with van der Waals surface area (Å²) in [4.78, 5) is 12.2. The van der Waals surface area contributed by atoms with Gasteiger partial charge in [0.15, 0.2) is 0 Å². The van der Waals surface area contributed by atoms with Crippen molar-refractivity contribution >= 4 is 26.7 Å². The molecule has 7 heteroatoms. The number of carbonyl (C=O) groups is 1. The highest BCUT2D eigenvalue weighted by Gasteiger charge is 2.26. The number of hydrogen-bond donors (Lipinski definition) is 0. The second-order valence-corrected chi connectivity index (χ2v) is 8.39. The Morgan fingerprint density at radius 3 is 2.21 bits per heavy atom. The van der Waals surface area contributed by atoms with E-state index in [2.05, 4.69) is 0 Å². The minimum Gasteiger partial charge on any atom is -0.497 e. The number of hydrogen-bond acceptors (Lipinski definition) is 5. The summed E-state index contributed by atoms with van der Waals surface area (Å²) < 4.78 is 37.3. The third-order valence-electron chi connectivity index (χ3n) is 4.76. The fourth-order valence-electron chi connectivity index (χ4n) is 3.21. The highest BCUT2D eigenvalue weighted by Crippen LogP contribution is 2.26. The molecule has 0 aliphatic carbocycles. The van der Waals surface area contributed by atoms with E-state index in [4.69, 9.17) is 9.47 Å². The molecule has 0 radical (unpaired) electrons. The van der Waals surface area contributed by atoms with Crippen molar-refractivity contribution in [2.45, 2.75) is 18.2 Å². The molecule has 29 heavy (non-hydrogen) atoms. The molecule has 0 heterocycles. The Morgan fingerprint density at radius 2 is 1.59 bits per heavy atom. The van der Waals surface area contributed by atoms with Crippen LogP contribution in [0, 0.1) is 0 Å². The van der Waals surface area contributed by atoms with E-state index in [0.717, 1.165) is 26.4 Å². The maximum atomic E-state index is 13.0. The smallest absolute Gasteiger partial charge is 0.266 e. The highest BCUT2D eigenvalue weighted by molar-refractivity contribution is 7.89. The first-order valence-corrected chi connectivity index (χ1v) is 10.5. The summed E-state index contributed by atoms with van der Waals surface area (Å²) in [5.74, 6) is 0.737. The van der Waals surface area contributed by atoms with Crippen molar-refractivity contribution in [2.24, 2.45) is 0 Å². The second kappa shape index (κ2) is 8.53. The molecule has 0 aliphatic heterocycles. The molecule has 3 rings (SSSR count). The Kier molecular flexibility index (Phi) is 6.08. The summed E-state index contributed by atoms with van der Waals surface area (Å²) in [5.41, 5.74) is 0.942. The third kappa shape index (κ3) is 4.35. The maximum Gasteiger partial charge on any atom is 0.266 e. The standard InChI is InChI=1S/C22H23NO5S/c1-16(24)23(29(25,26)21-11-9-19(27-2)10-12-21)14-13-18-6-4-5-17-7-8-20(28-3)15-22(17)18/h4-12,15H,13-14H2,1-3H3. The zero-order chi connectivity index (χ0) is 21.0. The summed E-state index contributed by atoms with van der Waals surface area (Å²) in [6.45, 7) is 1.30. The summed E-state index contributed by atoms with van der Waals surface area (Å²) in [6.07, 6.45) is 0.388. The van der Waals surface area contributed by atoms with Crippen molar-refractivity contribution in [3.05, 3.63) is 66.2 Å². The van der Waals surface area contributed by atoms with Crippen molar-refractivity contribution in [3.63, 3.8) is 0 Å². The molecular formula is C22H23NO5S. The van der Waals surface area contributed by atoms with Gasteiger partial charge in [-0.3, -0.25) is 4.79 Å². The van der Waals surface area contributed by atoms with Gasteiger partial charge in [-0.2, -0.15) is 0 Å². The number of benzene rings is 3. The van der Waals surface area contributed by atoms with Gasteiger partial charge in [0.2, 0.25) is 5.91 Å². The molecule has 6 nitrogen and oxygen atoms in total. The highest BCUT2D eigenvalue weighted by atomic mass is 32.2. The Bertz CT molecular complexity index is 1120. The number of carbonyl (C=O) groups excluding carboxylic acids is 1. The van der Waals surface area contributed by atoms with Crippen molar-refractivity contribution in [1.29, 1.82) is 0 Å². The normalized spacial score (nSPS) is 11.3. The third-order valence-corrected chi connectivity index (χ3v) is 6.65. The van der Waals surface area contributed by atoms with E-state index < -0.39 is 15.9 Å². The maximum absolute atomic E-state index is 13.0. The van der Waals surface area contributed by atoms with Gasteiger partial charge in [0.05, 0.1) is 19.1 Å². The molecule has 0 fully saturated rings. The van der Waals surface area contributed by atoms with Crippen LogP contribution in [-0.4, -0.2) is 39.4 Å². The van der Waals surface area contributed by atoms with E-state index >= 15 is 0 Å². The zero-order valence-electron chi connectivity index (χ0n) is 16.6. The molecule has 0 aromatic heterocycles. The quantitative estimate of drug-likeness (QED) is 0.591. The number of rotatable bonds is 7. The van der Waals surface area contributed by atoms with E-state index in [1.807, 2.05) is 36.4 Å². The molecule has 0 atom stereocenters. The summed E-state index contributed by atoms with van der Waals surface area (Å²) in [7, 11) is -0.854. The van der Waals surface area contributed by atoms with Gasteiger partial charge in [-0.05, 0) is 59.2 Å². The Hall–Kier alpha value is -3.06. The number of amides is 1. The summed E-state index contributed by atoms with van der Waals surface area (Å²) in [6, 6.07) is 17.6. The molecule has 0 saturated carbocycles. The molecule has 3 aromatic rings. The van der Waals surface area contributed by atoms with Crippen molar-refractivity contribution in [1.82, 2.24) is 4.31 Å².